The lowest BCUT2D eigenvalue weighted by Crippen LogP contribution is -2.48. The molecule has 4 rings (SSSR count). The molecule has 1 saturated carbocycles. The van der Waals surface area contributed by atoms with Crippen molar-refractivity contribution in [3.63, 3.8) is 0 Å². The van der Waals surface area contributed by atoms with E-state index in [4.69, 9.17) is 0 Å². The van der Waals surface area contributed by atoms with Crippen molar-refractivity contribution in [3.8, 4) is 11.3 Å². The Morgan fingerprint density at radius 3 is 2.54 bits per heavy atom. The van der Waals surface area contributed by atoms with Crippen LogP contribution in [0.2, 0.25) is 0 Å². The molecule has 1 saturated heterocycles. The molecule has 2 fully saturated rings. The quantitative estimate of drug-likeness (QED) is 0.934. The number of nitrogens with zero attached hydrogens (tertiary/aromatic N) is 3. The molecule has 4 heteroatoms. The fourth-order valence-corrected chi connectivity index (χ4v) is 3.69. The van der Waals surface area contributed by atoms with Crippen LogP contribution in [0, 0.1) is 6.92 Å². The van der Waals surface area contributed by atoms with Gasteiger partial charge in [-0.15, -0.1) is 0 Å². The van der Waals surface area contributed by atoms with Crippen molar-refractivity contribution in [2.24, 2.45) is 0 Å². The van der Waals surface area contributed by atoms with Gasteiger partial charge in [-0.2, -0.15) is 0 Å². The van der Waals surface area contributed by atoms with Crippen molar-refractivity contribution >= 4 is 5.69 Å². The predicted octanol–water partition coefficient (Wildman–Crippen LogP) is 3.56. The van der Waals surface area contributed by atoms with Crippen LogP contribution in [-0.4, -0.2) is 35.1 Å². The second-order valence-corrected chi connectivity index (χ2v) is 7.10. The van der Waals surface area contributed by atoms with Crippen molar-refractivity contribution in [2.75, 3.05) is 18.0 Å². The van der Waals surface area contributed by atoms with E-state index in [9.17, 15) is 0 Å². The fourth-order valence-electron chi connectivity index (χ4n) is 3.69. The average molecular weight is 322 g/mol. The van der Waals surface area contributed by atoms with Gasteiger partial charge in [0.15, 0.2) is 0 Å². The Kier molecular flexibility index (Phi) is 4.48. The van der Waals surface area contributed by atoms with E-state index in [1.807, 2.05) is 19.2 Å². The van der Waals surface area contributed by atoms with Crippen LogP contribution in [0.3, 0.4) is 0 Å². The molecule has 1 aliphatic heterocycles. The van der Waals surface area contributed by atoms with E-state index < -0.39 is 0 Å². The summed E-state index contributed by atoms with van der Waals surface area (Å²) in [6.07, 6.45) is 8.48. The topological polar surface area (TPSA) is 41.1 Å². The predicted molar refractivity (Wildman–Crippen MR) is 98.2 cm³/mol. The Morgan fingerprint density at radius 2 is 1.83 bits per heavy atom. The van der Waals surface area contributed by atoms with Crippen LogP contribution in [0.25, 0.3) is 11.3 Å². The number of hydrogen-bond donors (Lipinski definition) is 1. The van der Waals surface area contributed by atoms with Crippen LogP contribution >= 0.6 is 0 Å². The Labute approximate surface area is 144 Å². The molecule has 0 unspecified atom stereocenters. The van der Waals surface area contributed by atoms with Gasteiger partial charge in [-0.25, -0.2) is 9.97 Å². The van der Waals surface area contributed by atoms with E-state index in [-0.39, 0.29) is 0 Å². The van der Waals surface area contributed by atoms with E-state index in [2.05, 4.69) is 44.5 Å². The molecule has 2 aliphatic rings. The van der Waals surface area contributed by atoms with Gasteiger partial charge in [0.25, 0.3) is 0 Å². The number of aryl methyl sites for hydroxylation is 1. The normalized spacial score (nSPS) is 19.3. The summed E-state index contributed by atoms with van der Waals surface area (Å²) in [5.74, 6) is 0.820. The maximum Gasteiger partial charge on any atom is 0.125 e. The van der Waals surface area contributed by atoms with Crippen LogP contribution in [0.4, 0.5) is 5.69 Å². The van der Waals surface area contributed by atoms with Gasteiger partial charge in [0, 0.05) is 42.6 Å². The first-order valence-corrected chi connectivity index (χ1v) is 9.19. The number of rotatable bonds is 4. The molecule has 126 valence electrons. The number of hydrogen-bond acceptors (Lipinski definition) is 4. The molecular weight excluding hydrogens is 296 g/mol. The zero-order chi connectivity index (χ0) is 16.4. The third-order valence-corrected chi connectivity index (χ3v) is 5.35. The summed E-state index contributed by atoms with van der Waals surface area (Å²) in [7, 11) is 0. The Balaban J connectivity index is 1.42. The molecular formula is C20H26N4. The molecule has 1 aliphatic carbocycles. The zero-order valence-corrected chi connectivity index (χ0v) is 14.4. The van der Waals surface area contributed by atoms with Crippen LogP contribution in [-0.2, 0) is 0 Å². The van der Waals surface area contributed by atoms with Crippen molar-refractivity contribution in [1.29, 1.82) is 0 Å². The highest BCUT2D eigenvalue weighted by Crippen LogP contribution is 2.27. The van der Waals surface area contributed by atoms with Crippen LogP contribution in [0.1, 0.15) is 37.9 Å². The second kappa shape index (κ2) is 6.89. The van der Waals surface area contributed by atoms with Gasteiger partial charge in [-0.3, -0.25) is 0 Å². The lowest BCUT2D eigenvalue weighted by Gasteiger charge is -2.38. The maximum atomic E-state index is 4.55. The minimum absolute atomic E-state index is 0.708. The molecule has 0 spiro atoms. The second-order valence-electron chi connectivity index (χ2n) is 7.10. The minimum Gasteiger partial charge on any atom is -0.371 e. The molecule has 2 aromatic rings. The van der Waals surface area contributed by atoms with E-state index in [0.717, 1.165) is 30.6 Å². The van der Waals surface area contributed by atoms with Crippen LogP contribution < -0.4 is 10.2 Å². The Bertz CT molecular complexity index is 688. The summed E-state index contributed by atoms with van der Waals surface area (Å²) in [5, 5.41) is 3.83. The average Bonchev–Trinajstić information content (AvgIpc) is 2.59. The summed E-state index contributed by atoms with van der Waals surface area (Å²) in [4.78, 5) is 11.3. The maximum absolute atomic E-state index is 4.55. The standard InChI is InChI=1S/C20H26N4/c1-15-21-11-8-20(22-15)16-4-2-7-19(14-16)24-12-9-18(10-13-24)23-17-5-3-6-17/h2,4,7-8,11,14,17-18,23H,3,5-6,9-10,12-13H2,1H3. The summed E-state index contributed by atoms with van der Waals surface area (Å²) in [5.41, 5.74) is 3.49. The number of anilines is 1. The van der Waals surface area contributed by atoms with E-state index in [1.54, 1.807) is 0 Å². The molecule has 24 heavy (non-hydrogen) atoms. The van der Waals surface area contributed by atoms with Gasteiger partial charge >= 0.3 is 0 Å². The summed E-state index contributed by atoms with van der Waals surface area (Å²) in [6, 6.07) is 12.3. The molecule has 0 radical (unpaired) electrons. The van der Waals surface area contributed by atoms with E-state index in [1.165, 1.54) is 43.4 Å². The smallest absolute Gasteiger partial charge is 0.125 e. The molecule has 4 nitrogen and oxygen atoms in total. The summed E-state index contributed by atoms with van der Waals surface area (Å²) >= 11 is 0. The lowest BCUT2D eigenvalue weighted by atomic mass is 9.91. The minimum atomic E-state index is 0.708. The van der Waals surface area contributed by atoms with Crippen molar-refractivity contribution in [2.45, 2.75) is 51.1 Å². The third kappa shape index (κ3) is 3.44. The lowest BCUT2D eigenvalue weighted by molar-refractivity contribution is 0.280. The van der Waals surface area contributed by atoms with Crippen LogP contribution in [0.15, 0.2) is 36.5 Å². The van der Waals surface area contributed by atoms with Gasteiger partial charge < -0.3 is 10.2 Å². The van der Waals surface area contributed by atoms with Gasteiger partial charge in [0.2, 0.25) is 0 Å². The highest BCUT2D eigenvalue weighted by atomic mass is 15.1. The molecule has 1 aromatic heterocycles. The molecule has 2 heterocycles. The summed E-state index contributed by atoms with van der Waals surface area (Å²) < 4.78 is 0. The number of aromatic nitrogens is 2. The highest BCUT2D eigenvalue weighted by molar-refractivity contribution is 5.65. The Morgan fingerprint density at radius 1 is 1.04 bits per heavy atom. The monoisotopic (exact) mass is 322 g/mol. The first-order valence-electron chi connectivity index (χ1n) is 9.19. The van der Waals surface area contributed by atoms with Crippen molar-refractivity contribution in [1.82, 2.24) is 15.3 Å². The van der Waals surface area contributed by atoms with Gasteiger partial charge in [0.05, 0.1) is 5.69 Å². The van der Waals surface area contributed by atoms with Gasteiger partial charge in [-0.05, 0) is 50.8 Å². The van der Waals surface area contributed by atoms with E-state index >= 15 is 0 Å². The first kappa shape index (κ1) is 15.6. The fraction of sp³-hybridized carbons (Fsp3) is 0.500. The molecule has 0 atom stereocenters. The molecule has 0 bridgehead atoms. The van der Waals surface area contributed by atoms with Crippen molar-refractivity contribution < 1.29 is 0 Å². The third-order valence-electron chi connectivity index (χ3n) is 5.35. The van der Waals surface area contributed by atoms with Crippen LogP contribution in [0.5, 0.6) is 0 Å². The first-order chi connectivity index (χ1) is 11.8. The van der Waals surface area contributed by atoms with E-state index in [0.29, 0.717) is 6.04 Å². The van der Waals surface area contributed by atoms with Crippen molar-refractivity contribution in [3.05, 3.63) is 42.4 Å². The molecule has 1 aromatic carbocycles. The van der Waals surface area contributed by atoms with Gasteiger partial charge in [0.1, 0.15) is 5.82 Å². The number of nitrogens with one attached hydrogen (secondary N) is 1. The van der Waals surface area contributed by atoms with Gasteiger partial charge in [-0.1, -0.05) is 18.6 Å². The zero-order valence-electron chi connectivity index (χ0n) is 14.4. The number of benzene rings is 1. The molecule has 0 amide bonds. The number of piperidine rings is 1. The molecule has 1 N–H and O–H groups in total. The SMILES string of the molecule is Cc1nccc(-c2cccc(N3CCC(NC4CCC4)CC3)c2)n1. The Hall–Kier alpha value is -1.94. The highest BCUT2D eigenvalue weighted by Gasteiger charge is 2.24. The summed E-state index contributed by atoms with van der Waals surface area (Å²) in [6.45, 7) is 4.21. The largest absolute Gasteiger partial charge is 0.371 e.